The first-order valence-electron chi connectivity index (χ1n) is 10.0. The molecule has 2 aromatic rings. The molecule has 0 atom stereocenters. The van der Waals surface area contributed by atoms with E-state index >= 15 is 0 Å². The molecular formula is C23H48N4O2. The molecular weight excluding hydrogens is 364 g/mol. The molecule has 0 amide bonds. The third kappa shape index (κ3) is 10.8. The van der Waals surface area contributed by atoms with Gasteiger partial charge in [0, 0.05) is 28.0 Å². The quantitative estimate of drug-likeness (QED) is 0.804. The summed E-state index contributed by atoms with van der Waals surface area (Å²) in [6.07, 6.45) is 3.79. The molecule has 0 bridgehead atoms. The number of rotatable bonds is 4. The summed E-state index contributed by atoms with van der Waals surface area (Å²) in [5.41, 5.74) is 3.92. The monoisotopic (exact) mass is 412 g/mol. The van der Waals surface area contributed by atoms with Gasteiger partial charge in [0.25, 0.3) is 0 Å². The van der Waals surface area contributed by atoms with Gasteiger partial charge in [-0.15, -0.1) is 0 Å². The zero-order chi connectivity index (χ0) is 20.4. The highest BCUT2D eigenvalue weighted by Gasteiger charge is 2.18. The minimum atomic E-state index is 0. The lowest BCUT2D eigenvalue weighted by molar-refractivity contribution is 0.365. The lowest BCUT2D eigenvalue weighted by atomic mass is 9.92. The van der Waals surface area contributed by atoms with Crippen molar-refractivity contribution < 1.29 is 12.0 Å². The Balaban J connectivity index is -0.000000631. The summed E-state index contributed by atoms with van der Waals surface area (Å²) >= 11 is 0. The number of imidazole rings is 1. The molecule has 29 heavy (non-hydrogen) atoms. The van der Waals surface area contributed by atoms with Crippen LogP contribution in [-0.2, 0) is 13.0 Å². The second-order valence-corrected chi connectivity index (χ2v) is 8.67. The Morgan fingerprint density at radius 2 is 1.76 bits per heavy atom. The van der Waals surface area contributed by atoms with Crippen LogP contribution in [0.4, 0.5) is 0 Å². The molecule has 4 N–H and O–H groups in total. The first-order valence-corrected chi connectivity index (χ1v) is 10.0. The number of likely N-dealkylation sites (N-methyl/N-ethyl adjacent to an activating group) is 1. The molecule has 0 aliphatic carbocycles. The number of benzene rings is 1. The highest BCUT2D eigenvalue weighted by molar-refractivity contribution is 5.76. The minimum absolute atomic E-state index is 0. The van der Waals surface area contributed by atoms with Crippen LogP contribution >= 0.6 is 0 Å². The molecule has 1 saturated heterocycles. The highest BCUT2D eigenvalue weighted by Crippen LogP contribution is 2.24. The molecule has 0 saturated carbocycles. The Morgan fingerprint density at radius 1 is 1.17 bits per heavy atom. The third-order valence-electron chi connectivity index (χ3n) is 4.40. The van der Waals surface area contributed by atoms with Crippen LogP contribution in [0.3, 0.4) is 0 Å². The molecule has 6 nitrogen and oxygen atoms in total. The van der Waals surface area contributed by atoms with E-state index in [2.05, 4.69) is 74.8 Å². The van der Waals surface area contributed by atoms with Gasteiger partial charge in [-0.2, -0.15) is 0 Å². The van der Waals surface area contributed by atoms with E-state index in [9.17, 15) is 0 Å². The maximum absolute atomic E-state index is 7.00. The summed E-state index contributed by atoms with van der Waals surface area (Å²) in [7, 11) is 5.24. The molecule has 0 radical (unpaired) electrons. The van der Waals surface area contributed by atoms with E-state index in [1.807, 2.05) is 0 Å². The predicted octanol–water partition coefficient (Wildman–Crippen LogP) is 3.53. The fourth-order valence-corrected chi connectivity index (χ4v) is 3.07. The Morgan fingerprint density at radius 3 is 2.21 bits per heavy atom. The Labute approximate surface area is 180 Å². The van der Waals surface area contributed by atoms with E-state index in [0.29, 0.717) is 0 Å². The number of hydrogen-bond acceptors (Lipinski definition) is 4. The van der Waals surface area contributed by atoms with Crippen LogP contribution in [0, 0.1) is 12.3 Å². The largest absolute Gasteiger partial charge is 0.412 e. The SMILES string of the molecule is C.C1CCNC1.CO.Cc1ccc2c(c1)nc(CC(C)(C)C)n2CCN(C)C.O.[HH]. The summed E-state index contributed by atoms with van der Waals surface area (Å²) < 4.78 is 2.39. The lowest BCUT2D eigenvalue weighted by Gasteiger charge is -2.19. The van der Waals surface area contributed by atoms with Crippen LogP contribution in [0.2, 0.25) is 0 Å². The second-order valence-electron chi connectivity index (χ2n) is 8.67. The number of hydrogen-bond donors (Lipinski definition) is 2. The Bertz CT molecular complexity index is 670. The zero-order valence-electron chi connectivity index (χ0n) is 19.0. The standard InChI is InChI=1S/C17H27N3.C4H9N.CH4O.CH4.H2O.H2/c1-13-7-8-15-14(11-13)18-16(12-17(2,3)4)20(15)10-9-19(5)6;1-2-4-5-3-1;1-2;;;/h7-8,11H,9-10,12H2,1-6H3;5H,1-4H2;2H,1H3;1H4;1H2;1H. The van der Waals surface area contributed by atoms with Crippen LogP contribution in [-0.4, -0.2) is 65.9 Å². The average molecular weight is 413 g/mol. The molecule has 1 aliphatic rings. The van der Waals surface area contributed by atoms with Crippen molar-refractivity contribution >= 4 is 11.0 Å². The smallest absolute Gasteiger partial charge is 0.110 e. The molecule has 172 valence electrons. The first-order chi connectivity index (χ1) is 12.8. The predicted molar refractivity (Wildman–Crippen MR) is 129 cm³/mol. The first kappa shape index (κ1) is 29.7. The molecule has 3 rings (SSSR count). The molecule has 6 heteroatoms. The Kier molecular flexibility index (Phi) is 14.9. The van der Waals surface area contributed by atoms with Crippen molar-refractivity contribution in [3.8, 4) is 0 Å². The van der Waals surface area contributed by atoms with Crippen molar-refractivity contribution in [2.75, 3.05) is 40.8 Å². The van der Waals surface area contributed by atoms with E-state index in [4.69, 9.17) is 10.1 Å². The third-order valence-corrected chi connectivity index (χ3v) is 4.40. The number of nitrogens with one attached hydrogen (secondary N) is 1. The van der Waals surface area contributed by atoms with Gasteiger partial charge in [-0.25, -0.2) is 4.98 Å². The van der Waals surface area contributed by atoms with Gasteiger partial charge in [0.2, 0.25) is 0 Å². The summed E-state index contributed by atoms with van der Waals surface area (Å²) in [5, 5.41) is 10.2. The summed E-state index contributed by atoms with van der Waals surface area (Å²) in [4.78, 5) is 7.10. The molecule has 2 heterocycles. The number of fused-ring (bicyclic) bond motifs is 1. The molecule has 0 unspecified atom stereocenters. The molecule has 1 aromatic carbocycles. The van der Waals surface area contributed by atoms with Gasteiger partial charge < -0.3 is 25.4 Å². The van der Waals surface area contributed by atoms with Crippen LogP contribution < -0.4 is 5.32 Å². The van der Waals surface area contributed by atoms with Gasteiger partial charge in [-0.05, 0) is 70.1 Å². The van der Waals surface area contributed by atoms with Crippen molar-refractivity contribution in [2.45, 2.75) is 60.9 Å². The number of aromatic nitrogens is 2. The van der Waals surface area contributed by atoms with Crippen molar-refractivity contribution in [2.24, 2.45) is 5.41 Å². The van der Waals surface area contributed by atoms with Crippen molar-refractivity contribution in [3.05, 3.63) is 29.6 Å². The maximum Gasteiger partial charge on any atom is 0.110 e. The second kappa shape index (κ2) is 14.5. The van der Waals surface area contributed by atoms with E-state index in [0.717, 1.165) is 32.1 Å². The van der Waals surface area contributed by atoms with Gasteiger partial charge in [0.1, 0.15) is 5.82 Å². The van der Waals surface area contributed by atoms with E-state index in [-0.39, 0.29) is 19.7 Å². The van der Waals surface area contributed by atoms with Gasteiger partial charge in [-0.1, -0.05) is 34.3 Å². The van der Waals surface area contributed by atoms with Crippen molar-refractivity contribution in [1.29, 1.82) is 0 Å². The number of aliphatic hydroxyl groups excluding tert-OH is 1. The summed E-state index contributed by atoms with van der Waals surface area (Å²) in [6.45, 7) is 13.5. The van der Waals surface area contributed by atoms with Crippen LogP contribution in [0.15, 0.2) is 18.2 Å². The fourth-order valence-electron chi connectivity index (χ4n) is 3.07. The topological polar surface area (TPSA) is 84.8 Å². The number of aryl methyl sites for hydroxylation is 1. The lowest BCUT2D eigenvalue weighted by Crippen LogP contribution is -2.21. The summed E-state index contributed by atoms with van der Waals surface area (Å²) in [5.74, 6) is 1.21. The van der Waals surface area contributed by atoms with E-state index in [1.165, 1.54) is 42.8 Å². The van der Waals surface area contributed by atoms with Gasteiger partial charge in [-0.3, -0.25) is 0 Å². The molecule has 0 spiro atoms. The van der Waals surface area contributed by atoms with E-state index in [1.54, 1.807) is 0 Å². The highest BCUT2D eigenvalue weighted by atomic mass is 16.2. The maximum atomic E-state index is 7.00. The molecule has 1 aromatic heterocycles. The minimum Gasteiger partial charge on any atom is -0.412 e. The number of nitrogens with zero attached hydrogens (tertiary/aromatic N) is 3. The van der Waals surface area contributed by atoms with Crippen molar-refractivity contribution in [1.82, 2.24) is 19.8 Å². The normalized spacial score (nSPS) is 13.0. The molecule has 1 fully saturated rings. The Hall–Kier alpha value is -1.47. The number of aliphatic hydroxyl groups is 1. The van der Waals surface area contributed by atoms with Crippen LogP contribution in [0.25, 0.3) is 11.0 Å². The van der Waals surface area contributed by atoms with Crippen molar-refractivity contribution in [3.63, 3.8) is 0 Å². The fraction of sp³-hybridized carbons (Fsp3) is 0.696. The van der Waals surface area contributed by atoms with Gasteiger partial charge in [0.15, 0.2) is 0 Å². The molecule has 1 aliphatic heterocycles. The average Bonchev–Trinajstić information content (AvgIpc) is 3.24. The van der Waals surface area contributed by atoms with Gasteiger partial charge >= 0.3 is 0 Å². The van der Waals surface area contributed by atoms with Gasteiger partial charge in [0.05, 0.1) is 11.0 Å². The zero-order valence-corrected chi connectivity index (χ0v) is 19.0. The van der Waals surface area contributed by atoms with E-state index < -0.39 is 0 Å². The summed E-state index contributed by atoms with van der Waals surface area (Å²) in [6, 6.07) is 6.57. The van der Waals surface area contributed by atoms with Crippen LogP contribution in [0.1, 0.15) is 53.9 Å². The van der Waals surface area contributed by atoms with Crippen LogP contribution in [0.5, 0.6) is 0 Å².